The fourth-order valence-corrected chi connectivity index (χ4v) is 3.30. The molecule has 0 amide bonds. The molecule has 25 heavy (non-hydrogen) atoms. The summed E-state index contributed by atoms with van der Waals surface area (Å²) in [6.07, 6.45) is 1.08. The number of rotatable bonds is 6. The monoisotopic (exact) mass is 337 g/mol. The van der Waals surface area contributed by atoms with E-state index in [0.29, 0.717) is 17.9 Å². The normalized spacial score (nSPS) is 12.5. The summed E-state index contributed by atoms with van der Waals surface area (Å²) in [6, 6.07) is 9.53. The Hall–Kier alpha value is -2.66. The second-order valence-corrected chi connectivity index (χ2v) is 6.33. The van der Waals surface area contributed by atoms with Crippen LogP contribution < -0.4 is 0 Å². The third-order valence-electron chi connectivity index (χ3n) is 4.55. The maximum Gasteiger partial charge on any atom is 0.184 e. The summed E-state index contributed by atoms with van der Waals surface area (Å²) in [7, 11) is 0. The van der Waals surface area contributed by atoms with Crippen LogP contribution in [0.15, 0.2) is 43.0 Å². The Balaban J connectivity index is 2.02. The molecule has 5 nitrogen and oxygen atoms in total. The number of carbonyl (C=O) groups is 1. The number of imidazole rings is 1. The van der Waals surface area contributed by atoms with Gasteiger partial charge in [0.2, 0.25) is 0 Å². The number of Topliss-reactive ketones (excluding diaryl/α,β-unsaturated/α-hetero) is 1. The molecular formula is C20H23N3O2. The molecule has 3 rings (SSSR count). The van der Waals surface area contributed by atoms with Gasteiger partial charge in [-0.25, -0.2) is 4.98 Å². The molecule has 0 aliphatic heterocycles. The fraction of sp³-hybridized carbons (Fsp3) is 0.300. The van der Waals surface area contributed by atoms with Gasteiger partial charge in [-0.15, -0.1) is 6.58 Å². The molecule has 3 aromatic rings. The molecule has 0 fully saturated rings. The van der Waals surface area contributed by atoms with Gasteiger partial charge in [-0.2, -0.15) is 0 Å². The number of hydrogen-bond donors (Lipinski definition) is 1. The number of aromatic nitrogens is 3. The molecular weight excluding hydrogens is 314 g/mol. The Bertz CT molecular complexity index is 947. The van der Waals surface area contributed by atoms with Gasteiger partial charge in [0.25, 0.3) is 0 Å². The number of carbonyl (C=O) groups excluding carboxylic acids is 1. The van der Waals surface area contributed by atoms with Crippen LogP contribution in [0.4, 0.5) is 0 Å². The van der Waals surface area contributed by atoms with E-state index in [2.05, 4.69) is 16.1 Å². The summed E-state index contributed by atoms with van der Waals surface area (Å²) in [5.74, 6) is 0.517. The summed E-state index contributed by atoms with van der Waals surface area (Å²) < 4.78 is 3.88. The summed E-state index contributed by atoms with van der Waals surface area (Å²) >= 11 is 0. The van der Waals surface area contributed by atoms with Gasteiger partial charge in [0.15, 0.2) is 5.78 Å². The zero-order valence-electron chi connectivity index (χ0n) is 14.9. The van der Waals surface area contributed by atoms with Crippen LogP contribution in [0.2, 0.25) is 0 Å². The fourth-order valence-electron chi connectivity index (χ4n) is 3.30. The van der Waals surface area contributed by atoms with Crippen molar-refractivity contribution in [2.45, 2.75) is 40.0 Å². The molecule has 0 radical (unpaired) electrons. The van der Waals surface area contributed by atoms with Crippen LogP contribution in [0, 0.1) is 13.8 Å². The lowest BCUT2D eigenvalue weighted by Gasteiger charge is -2.11. The lowest BCUT2D eigenvalue weighted by molar-refractivity contribution is 0.0967. The molecule has 0 aliphatic rings. The average Bonchev–Trinajstić information content (AvgIpc) is 3.08. The zero-order valence-corrected chi connectivity index (χ0v) is 14.9. The third-order valence-corrected chi connectivity index (χ3v) is 4.55. The van der Waals surface area contributed by atoms with Crippen LogP contribution in [0.3, 0.4) is 0 Å². The first-order valence-corrected chi connectivity index (χ1v) is 8.38. The topological polar surface area (TPSA) is 60.0 Å². The van der Waals surface area contributed by atoms with Gasteiger partial charge < -0.3 is 14.2 Å². The van der Waals surface area contributed by atoms with E-state index in [1.807, 2.05) is 54.8 Å². The molecule has 2 heterocycles. The molecule has 2 aromatic heterocycles. The highest BCUT2D eigenvalue weighted by Gasteiger charge is 2.20. The number of ketones is 1. The van der Waals surface area contributed by atoms with Crippen molar-refractivity contribution in [2.75, 3.05) is 0 Å². The van der Waals surface area contributed by atoms with Crippen LogP contribution in [0.1, 0.15) is 40.6 Å². The highest BCUT2D eigenvalue weighted by atomic mass is 16.3. The van der Waals surface area contributed by atoms with Gasteiger partial charge in [0.05, 0.1) is 17.6 Å². The highest BCUT2D eigenvalue weighted by molar-refractivity contribution is 5.98. The third kappa shape index (κ3) is 3.03. The van der Waals surface area contributed by atoms with Crippen LogP contribution in [-0.4, -0.2) is 25.0 Å². The lowest BCUT2D eigenvalue weighted by Crippen LogP contribution is -2.15. The zero-order chi connectivity index (χ0) is 18.1. The minimum atomic E-state index is -0.742. The first-order chi connectivity index (χ1) is 11.9. The number of para-hydroxylation sites is 2. The molecule has 0 unspecified atom stereocenters. The van der Waals surface area contributed by atoms with Crippen molar-refractivity contribution in [2.24, 2.45) is 0 Å². The second-order valence-electron chi connectivity index (χ2n) is 6.33. The number of nitrogens with zero attached hydrogens (tertiary/aromatic N) is 3. The number of fused-ring (bicyclic) bond motifs is 1. The molecule has 5 heteroatoms. The number of aliphatic hydroxyl groups is 1. The highest BCUT2D eigenvalue weighted by Crippen LogP contribution is 2.23. The molecule has 1 N–H and O–H groups in total. The molecule has 0 saturated heterocycles. The Morgan fingerprint density at radius 1 is 1.32 bits per heavy atom. The maximum atomic E-state index is 13.0. The van der Waals surface area contributed by atoms with Gasteiger partial charge in [0.1, 0.15) is 11.9 Å². The van der Waals surface area contributed by atoms with Crippen LogP contribution in [0.25, 0.3) is 11.0 Å². The van der Waals surface area contributed by atoms with E-state index >= 15 is 0 Å². The van der Waals surface area contributed by atoms with Crippen LogP contribution in [-0.2, 0) is 13.1 Å². The van der Waals surface area contributed by atoms with Crippen molar-refractivity contribution < 1.29 is 9.90 Å². The Morgan fingerprint density at radius 3 is 2.72 bits per heavy atom. The lowest BCUT2D eigenvalue weighted by atomic mass is 10.1. The standard InChI is InChI=1S/C20H23N3O2/c1-5-10-22-13(2)11-16(14(22)3)19(25)12-23-18-9-7-6-8-17(18)21-20(23)15(4)24/h5-9,11,15,24H,1,10,12H2,2-4H3/t15-/m0/s1. The Kier molecular flexibility index (Phi) is 4.59. The summed E-state index contributed by atoms with van der Waals surface area (Å²) in [5, 5.41) is 10.1. The largest absolute Gasteiger partial charge is 0.385 e. The van der Waals surface area contributed by atoms with E-state index in [0.717, 1.165) is 22.4 Å². The molecule has 0 bridgehead atoms. The molecule has 1 atom stereocenters. The summed E-state index contributed by atoms with van der Waals surface area (Å²) in [4.78, 5) is 17.4. The number of aryl methyl sites for hydroxylation is 1. The second kappa shape index (κ2) is 6.69. The molecule has 0 spiro atoms. The predicted octanol–water partition coefficient (Wildman–Crippen LogP) is 3.58. The molecule has 1 aromatic carbocycles. The molecule has 0 aliphatic carbocycles. The van der Waals surface area contributed by atoms with Crippen molar-refractivity contribution in [3.05, 3.63) is 65.8 Å². The van der Waals surface area contributed by atoms with E-state index in [-0.39, 0.29) is 12.3 Å². The Morgan fingerprint density at radius 2 is 2.04 bits per heavy atom. The van der Waals surface area contributed by atoms with Crippen molar-refractivity contribution in [3.8, 4) is 0 Å². The first kappa shape index (κ1) is 17.2. The van der Waals surface area contributed by atoms with Gasteiger partial charge in [-0.3, -0.25) is 4.79 Å². The van der Waals surface area contributed by atoms with Gasteiger partial charge in [-0.05, 0) is 39.0 Å². The summed E-state index contributed by atoms with van der Waals surface area (Å²) in [6.45, 7) is 10.2. The van der Waals surface area contributed by atoms with E-state index in [4.69, 9.17) is 0 Å². The number of hydrogen-bond acceptors (Lipinski definition) is 3. The average molecular weight is 337 g/mol. The number of benzene rings is 1. The van der Waals surface area contributed by atoms with Crippen LogP contribution >= 0.6 is 0 Å². The van der Waals surface area contributed by atoms with E-state index in [1.165, 1.54) is 0 Å². The smallest absolute Gasteiger partial charge is 0.184 e. The first-order valence-electron chi connectivity index (χ1n) is 8.38. The SMILES string of the molecule is C=CCn1c(C)cc(C(=O)Cn2c([C@H](C)O)nc3ccccc32)c1C. The Labute approximate surface area is 147 Å². The molecule has 130 valence electrons. The summed E-state index contributed by atoms with van der Waals surface area (Å²) in [5.41, 5.74) is 4.31. The van der Waals surface area contributed by atoms with Crippen molar-refractivity contribution in [3.63, 3.8) is 0 Å². The van der Waals surface area contributed by atoms with Gasteiger partial charge in [0, 0.05) is 23.5 Å². The minimum Gasteiger partial charge on any atom is -0.385 e. The quantitative estimate of drug-likeness (QED) is 0.552. The predicted molar refractivity (Wildman–Crippen MR) is 98.8 cm³/mol. The van der Waals surface area contributed by atoms with Gasteiger partial charge in [-0.1, -0.05) is 18.2 Å². The van der Waals surface area contributed by atoms with Gasteiger partial charge >= 0.3 is 0 Å². The maximum absolute atomic E-state index is 13.0. The van der Waals surface area contributed by atoms with Crippen LogP contribution in [0.5, 0.6) is 0 Å². The van der Waals surface area contributed by atoms with Crippen molar-refractivity contribution in [1.82, 2.24) is 14.1 Å². The van der Waals surface area contributed by atoms with E-state index in [1.54, 1.807) is 6.92 Å². The van der Waals surface area contributed by atoms with Crippen molar-refractivity contribution >= 4 is 16.8 Å². The molecule has 0 saturated carbocycles. The van der Waals surface area contributed by atoms with Crippen molar-refractivity contribution in [1.29, 1.82) is 0 Å². The van der Waals surface area contributed by atoms with E-state index < -0.39 is 6.10 Å². The minimum absolute atomic E-state index is 0.00784. The number of allylic oxidation sites excluding steroid dienone is 1. The number of aliphatic hydroxyl groups excluding tert-OH is 1. The van der Waals surface area contributed by atoms with E-state index in [9.17, 15) is 9.90 Å².